The van der Waals surface area contributed by atoms with E-state index >= 15 is 0 Å². The molecule has 2 aromatic rings. The van der Waals surface area contributed by atoms with Gasteiger partial charge in [-0.15, -0.1) is 11.3 Å². The van der Waals surface area contributed by atoms with Crippen LogP contribution in [0.1, 0.15) is 31.4 Å². The molecule has 1 aliphatic rings. The summed E-state index contributed by atoms with van der Waals surface area (Å²) < 4.78 is 6.96. The van der Waals surface area contributed by atoms with Gasteiger partial charge in [-0.05, 0) is 47.7 Å². The average Bonchev–Trinajstić information content (AvgIpc) is 2.94. The van der Waals surface area contributed by atoms with Gasteiger partial charge in [0.15, 0.2) is 0 Å². The highest BCUT2D eigenvalue weighted by molar-refractivity contribution is 7.17. The number of hydrogen-bond donors (Lipinski definition) is 1. The zero-order chi connectivity index (χ0) is 13.1. The standard InChI is InChI=1S/C16H21NOS/c1-2-17-15(12-6-9-18-10-7-12)14-5-3-4-13-8-11-19-16(13)14/h3-5,8,11-12,15,17H,2,6-7,9-10H2,1H3. The number of benzene rings is 1. The SMILES string of the molecule is CCNC(c1cccc2ccsc12)C1CCOCC1. The molecule has 0 aliphatic carbocycles. The number of hydrogen-bond acceptors (Lipinski definition) is 3. The van der Waals surface area contributed by atoms with E-state index in [0.29, 0.717) is 12.0 Å². The van der Waals surface area contributed by atoms with E-state index in [-0.39, 0.29) is 0 Å². The van der Waals surface area contributed by atoms with Gasteiger partial charge in [0.1, 0.15) is 0 Å². The van der Waals surface area contributed by atoms with Crippen molar-refractivity contribution in [2.75, 3.05) is 19.8 Å². The molecule has 2 nitrogen and oxygen atoms in total. The predicted octanol–water partition coefficient (Wildman–Crippen LogP) is 3.98. The highest BCUT2D eigenvalue weighted by Crippen LogP contribution is 2.36. The minimum absolute atomic E-state index is 0.469. The highest BCUT2D eigenvalue weighted by Gasteiger charge is 2.26. The number of ether oxygens (including phenoxy) is 1. The van der Waals surface area contributed by atoms with E-state index in [1.54, 1.807) is 0 Å². The van der Waals surface area contributed by atoms with Crippen molar-refractivity contribution in [3.8, 4) is 0 Å². The highest BCUT2D eigenvalue weighted by atomic mass is 32.1. The molecule has 3 rings (SSSR count). The number of thiophene rings is 1. The van der Waals surface area contributed by atoms with Gasteiger partial charge < -0.3 is 10.1 Å². The fourth-order valence-electron chi connectivity index (χ4n) is 3.06. The third-order valence-corrected chi connectivity index (χ3v) is 4.99. The summed E-state index contributed by atoms with van der Waals surface area (Å²) in [7, 11) is 0. The van der Waals surface area contributed by atoms with Crippen molar-refractivity contribution in [3.05, 3.63) is 35.2 Å². The van der Waals surface area contributed by atoms with Crippen LogP contribution in [0.25, 0.3) is 10.1 Å². The van der Waals surface area contributed by atoms with Gasteiger partial charge in [0.05, 0.1) is 0 Å². The van der Waals surface area contributed by atoms with Gasteiger partial charge in [0, 0.05) is 24.0 Å². The van der Waals surface area contributed by atoms with Crippen LogP contribution in [-0.4, -0.2) is 19.8 Å². The van der Waals surface area contributed by atoms with E-state index in [2.05, 4.69) is 41.9 Å². The van der Waals surface area contributed by atoms with Crippen LogP contribution >= 0.6 is 11.3 Å². The van der Waals surface area contributed by atoms with Gasteiger partial charge in [-0.3, -0.25) is 0 Å². The monoisotopic (exact) mass is 275 g/mol. The number of fused-ring (bicyclic) bond motifs is 1. The molecule has 3 heteroatoms. The maximum atomic E-state index is 5.51. The summed E-state index contributed by atoms with van der Waals surface area (Å²) in [5, 5.41) is 7.27. The van der Waals surface area contributed by atoms with Crippen molar-refractivity contribution in [2.24, 2.45) is 5.92 Å². The van der Waals surface area contributed by atoms with Crippen molar-refractivity contribution >= 4 is 21.4 Å². The van der Waals surface area contributed by atoms with Crippen molar-refractivity contribution < 1.29 is 4.74 Å². The summed E-state index contributed by atoms with van der Waals surface area (Å²) in [6.45, 7) is 5.03. The van der Waals surface area contributed by atoms with Crippen molar-refractivity contribution in [1.29, 1.82) is 0 Å². The minimum Gasteiger partial charge on any atom is -0.381 e. The Morgan fingerprint density at radius 1 is 1.32 bits per heavy atom. The first-order valence-electron chi connectivity index (χ1n) is 7.17. The Morgan fingerprint density at radius 3 is 2.95 bits per heavy atom. The fraction of sp³-hybridized carbons (Fsp3) is 0.500. The Kier molecular flexibility index (Phi) is 4.16. The predicted molar refractivity (Wildman–Crippen MR) is 81.8 cm³/mol. The molecule has 0 bridgehead atoms. The third kappa shape index (κ3) is 2.69. The zero-order valence-corrected chi connectivity index (χ0v) is 12.2. The smallest absolute Gasteiger partial charge is 0.0469 e. The Bertz CT molecular complexity index is 530. The lowest BCUT2D eigenvalue weighted by molar-refractivity contribution is 0.0540. The van der Waals surface area contributed by atoms with Gasteiger partial charge in [0.2, 0.25) is 0 Å². The Morgan fingerprint density at radius 2 is 2.16 bits per heavy atom. The summed E-state index contributed by atoms with van der Waals surface area (Å²) in [5.41, 5.74) is 1.47. The summed E-state index contributed by atoms with van der Waals surface area (Å²) in [6, 6.07) is 9.38. The lowest BCUT2D eigenvalue weighted by Gasteiger charge is -2.31. The van der Waals surface area contributed by atoms with Crippen LogP contribution in [0.15, 0.2) is 29.6 Å². The summed E-state index contributed by atoms with van der Waals surface area (Å²) in [4.78, 5) is 0. The van der Waals surface area contributed by atoms with E-state index in [0.717, 1.165) is 19.8 Å². The largest absolute Gasteiger partial charge is 0.381 e. The molecule has 1 fully saturated rings. The molecule has 0 saturated carbocycles. The van der Waals surface area contributed by atoms with E-state index in [9.17, 15) is 0 Å². The van der Waals surface area contributed by atoms with E-state index in [1.165, 1.54) is 28.5 Å². The van der Waals surface area contributed by atoms with Crippen LogP contribution in [0, 0.1) is 5.92 Å². The molecule has 1 aliphatic heterocycles. The van der Waals surface area contributed by atoms with Crippen molar-refractivity contribution in [2.45, 2.75) is 25.8 Å². The molecule has 102 valence electrons. The van der Waals surface area contributed by atoms with Gasteiger partial charge in [-0.25, -0.2) is 0 Å². The summed E-state index contributed by atoms with van der Waals surface area (Å²) in [6.07, 6.45) is 2.33. The first-order valence-corrected chi connectivity index (χ1v) is 8.05. The first kappa shape index (κ1) is 13.1. The Hall–Kier alpha value is -0.900. The normalized spacial score (nSPS) is 18.8. The molecule has 1 saturated heterocycles. The lowest BCUT2D eigenvalue weighted by atomic mass is 9.86. The van der Waals surface area contributed by atoms with E-state index < -0.39 is 0 Å². The van der Waals surface area contributed by atoms with Crippen LogP contribution < -0.4 is 5.32 Å². The molecule has 0 spiro atoms. The fourth-order valence-corrected chi connectivity index (χ4v) is 4.01. The Balaban J connectivity index is 1.96. The lowest BCUT2D eigenvalue weighted by Crippen LogP contribution is -2.32. The third-order valence-electron chi connectivity index (χ3n) is 4.01. The maximum absolute atomic E-state index is 5.51. The molecule has 1 aromatic heterocycles. The molecule has 19 heavy (non-hydrogen) atoms. The number of nitrogens with one attached hydrogen (secondary N) is 1. The van der Waals surface area contributed by atoms with Crippen LogP contribution in [0.2, 0.25) is 0 Å². The van der Waals surface area contributed by atoms with E-state index in [1.807, 2.05) is 11.3 Å². The van der Waals surface area contributed by atoms with Crippen LogP contribution in [0.5, 0.6) is 0 Å². The van der Waals surface area contributed by atoms with Gasteiger partial charge in [-0.1, -0.05) is 25.1 Å². The second kappa shape index (κ2) is 6.04. The number of rotatable bonds is 4. The van der Waals surface area contributed by atoms with Crippen LogP contribution in [0.4, 0.5) is 0 Å². The minimum atomic E-state index is 0.469. The second-order valence-electron chi connectivity index (χ2n) is 5.17. The quantitative estimate of drug-likeness (QED) is 0.911. The molecule has 0 amide bonds. The van der Waals surface area contributed by atoms with Gasteiger partial charge >= 0.3 is 0 Å². The molecule has 1 aromatic carbocycles. The molecular formula is C16H21NOS. The molecular weight excluding hydrogens is 254 g/mol. The second-order valence-corrected chi connectivity index (χ2v) is 6.09. The molecule has 2 heterocycles. The molecule has 0 radical (unpaired) electrons. The molecule has 1 atom stereocenters. The maximum Gasteiger partial charge on any atom is 0.0469 e. The first-order chi connectivity index (χ1) is 9.40. The molecule has 1 unspecified atom stereocenters. The van der Waals surface area contributed by atoms with Crippen LogP contribution in [-0.2, 0) is 4.74 Å². The van der Waals surface area contributed by atoms with Gasteiger partial charge in [0.25, 0.3) is 0 Å². The topological polar surface area (TPSA) is 21.3 Å². The molecule has 1 N–H and O–H groups in total. The van der Waals surface area contributed by atoms with Crippen molar-refractivity contribution in [3.63, 3.8) is 0 Å². The van der Waals surface area contributed by atoms with Gasteiger partial charge in [-0.2, -0.15) is 0 Å². The average molecular weight is 275 g/mol. The van der Waals surface area contributed by atoms with Crippen LogP contribution in [0.3, 0.4) is 0 Å². The summed E-state index contributed by atoms with van der Waals surface area (Å²) in [5.74, 6) is 0.696. The Labute approximate surface area is 118 Å². The van der Waals surface area contributed by atoms with Crippen molar-refractivity contribution in [1.82, 2.24) is 5.32 Å². The summed E-state index contributed by atoms with van der Waals surface area (Å²) >= 11 is 1.86. The van der Waals surface area contributed by atoms with E-state index in [4.69, 9.17) is 4.74 Å². The zero-order valence-electron chi connectivity index (χ0n) is 11.4.